The fraction of sp³-hybridized carbons (Fsp3) is 0.150. The smallest absolute Gasteiger partial charge is 0.258 e. The number of pyridine rings is 1. The summed E-state index contributed by atoms with van der Waals surface area (Å²) in [5.74, 6) is 1.14. The summed E-state index contributed by atoms with van der Waals surface area (Å²) < 4.78 is 2.02. The predicted octanol–water partition coefficient (Wildman–Crippen LogP) is 4.92. The van der Waals surface area contributed by atoms with Crippen LogP contribution in [0, 0.1) is 6.92 Å². The first-order chi connectivity index (χ1) is 14.4. The number of carbonyl (C=O) groups is 1. The van der Waals surface area contributed by atoms with E-state index in [-0.39, 0.29) is 21.8 Å². The molecule has 152 valence electrons. The maximum atomic E-state index is 12.5. The number of anilines is 1. The lowest BCUT2D eigenvalue weighted by molar-refractivity contribution is 0.102. The number of benzene rings is 1. The van der Waals surface area contributed by atoms with Crippen molar-refractivity contribution < 1.29 is 4.79 Å². The number of nitrogens with one attached hydrogen (secondary N) is 1. The van der Waals surface area contributed by atoms with Crippen molar-refractivity contribution in [1.29, 1.82) is 0 Å². The van der Waals surface area contributed by atoms with E-state index in [0.717, 1.165) is 22.6 Å². The van der Waals surface area contributed by atoms with Crippen LogP contribution < -0.4 is 5.32 Å². The van der Waals surface area contributed by atoms with Crippen molar-refractivity contribution in [1.82, 2.24) is 24.5 Å². The van der Waals surface area contributed by atoms with Gasteiger partial charge in [0.15, 0.2) is 5.16 Å². The fourth-order valence-corrected chi connectivity index (χ4v) is 4.15. The summed E-state index contributed by atoms with van der Waals surface area (Å²) in [6, 6.07) is 10.5. The summed E-state index contributed by atoms with van der Waals surface area (Å²) in [4.78, 5) is 29.8. The molecular formula is C20H16Cl2N6OS. The molecule has 0 radical (unpaired) electrons. The number of carbonyl (C=O) groups excluding carboxylic acids is 1. The van der Waals surface area contributed by atoms with Gasteiger partial charge in [-0.05, 0) is 43.3 Å². The van der Waals surface area contributed by atoms with Gasteiger partial charge < -0.3 is 9.88 Å². The fourth-order valence-electron chi connectivity index (χ4n) is 2.86. The number of imidazole rings is 1. The maximum absolute atomic E-state index is 12.5. The Morgan fingerprint density at radius 3 is 2.73 bits per heavy atom. The van der Waals surface area contributed by atoms with E-state index in [1.165, 1.54) is 23.9 Å². The quantitative estimate of drug-likeness (QED) is 0.259. The van der Waals surface area contributed by atoms with Crippen LogP contribution in [0.3, 0.4) is 0 Å². The van der Waals surface area contributed by atoms with Crippen molar-refractivity contribution in [2.75, 3.05) is 5.32 Å². The Balaban J connectivity index is 1.53. The van der Waals surface area contributed by atoms with Crippen LogP contribution in [-0.4, -0.2) is 30.4 Å². The molecule has 0 bridgehead atoms. The second-order valence-electron chi connectivity index (χ2n) is 6.49. The van der Waals surface area contributed by atoms with Gasteiger partial charge in [0, 0.05) is 24.6 Å². The second kappa shape index (κ2) is 8.59. The SMILES string of the molecule is Cc1ccnc(SCc2nc3cc(NC(=O)c4ccc(Cl)nc4Cl)ccc3n2C)n1. The van der Waals surface area contributed by atoms with Crippen molar-refractivity contribution in [2.24, 2.45) is 7.05 Å². The van der Waals surface area contributed by atoms with Gasteiger partial charge in [-0.15, -0.1) is 0 Å². The van der Waals surface area contributed by atoms with Crippen molar-refractivity contribution in [3.05, 3.63) is 70.0 Å². The van der Waals surface area contributed by atoms with Gasteiger partial charge in [-0.3, -0.25) is 4.79 Å². The third-order valence-electron chi connectivity index (χ3n) is 4.39. The molecule has 7 nitrogen and oxygen atoms in total. The first kappa shape index (κ1) is 20.6. The summed E-state index contributed by atoms with van der Waals surface area (Å²) >= 11 is 13.3. The average molecular weight is 459 g/mol. The molecule has 1 amide bonds. The van der Waals surface area contributed by atoms with Crippen molar-refractivity contribution in [2.45, 2.75) is 17.8 Å². The summed E-state index contributed by atoms with van der Waals surface area (Å²) in [6.07, 6.45) is 1.75. The number of fused-ring (bicyclic) bond motifs is 1. The van der Waals surface area contributed by atoms with E-state index in [1.54, 1.807) is 6.20 Å². The standard InChI is InChI=1S/C20H16Cl2N6OS/c1-11-7-8-23-20(24-11)30-10-17-26-14-9-12(3-5-15(14)28(17)2)25-19(29)13-4-6-16(21)27-18(13)22/h3-9H,10H2,1-2H3,(H,25,29). The molecule has 0 unspecified atom stereocenters. The minimum atomic E-state index is -0.369. The normalized spacial score (nSPS) is 11.1. The van der Waals surface area contributed by atoms with E-state index >= 15 is 0 Å². The molecule has 3 heterocycles. The van der Waals surface area contributed by atoms with E-state index in [0.29, 0.717) is 16.6 Å². The largest absolute Gasteiger partial charge is 0.330 e. The molecule has 4 rings (SSSR count). The van der Waals surface area contributed by atoms with Crippen LogP contribution in [0.2, 0.25) is 10.3 Å². The van der Waals surface area contributed by atoms with Gasteiger partial charge in [-0.2, -0.15) is 0 Å². The molecule has 1 N–H and O–H groups in total. The lowest BCUT2D eigenvalue weighted by atomic mass is 10.2. The Labute approximate surface area is 186 Å². The van der Waals surface area contributed by atoms with Crippen molar-refractivity contribution >= 4 is 57.6 Å². The Hall–Kier alpha value is -2.68. The van der Waals surface area contributed by atoms with Gasteiger partial charge in [0.25, 0.3) is 5.91 Å². The average Bonchev–Trinajstić information content (AvgIpc) is 3.01. The van der Waals surface area contributed by atoms with Gasteiger partial charge >= 0.3 is 0 Å². The molecule has 0 aliphatic heterocycles. The highest BCUT2D eigenvalue weighted by molar-refractivity contribution is 7.98. The van der Waals surface area contributed by atoms with Gasteiger partial charge in [-0.25, -0.2) is 19.9 Å². The van der Waals surface area contributed by atoms with Crippen LogP contribution in [-0.2, 0) is 12.8 Å². The number of aryl methyl sites for hydroxylation is 2. The molecule has 0 aliphatic rings. The lowest BCUT2D eigenvalue weighted by Gasteiger charge is -2.07. The zero-order valence-corrected chi connectivity index (χ0v) is 18.4. The number of hydrogen-bond acceptors (Lipinski definition) is 6. The third kappa shape index (κ3) is 4.40. The molecule has 0 fully saturated rings. The van der Waals surface area contributed by atoms with Gasteiger partial charge in [0.05, 0.1) is 22.3 Å². The zero-order chi connectivity index (χ0) is 21.3. The first-order valence-electron chi connectivity index (χ1n) is 8.92. The highest BCUT2D eigenvalue weighted by atomic mass is 35.5. The highest BCUT2D eigenvalue weighted by Gasteiger charge is 2.14. The van der Waals surface area contributed by atoms with Crippen LogP contribution in [0.5, 0.6) is 0 Å². The number of thioether (sulfide) groups is 1. The number of halogens is 2. The topological polar surface area (TPSA) is 85.6 Å². The van der Waals surface area contributed by atoms with E-state index in [9.17, 15) is 4.79 Å². The number of amides is 1. The molecule has 4 aromatic rings. The second-order valence-corrected chi connectivity index (χ2v) is 8.17. The van der Waals surface area contributed by atoms with Gasteiger partial charge in [-0.1, -0.05) is 35.0 Å². The molecule has 0 atom stereocenters. The minimum Gasteiger partial charge on any atom is -0.330 e. The molecule has 1 aromatic carbocycles. The molecular weight excluding hydrogens is 443 g/mol. The maximum Gasteiger partial charge on any atom is 0.258 e. The summed E-state index contributed by atoms with van der Waals surface area (Å²) in [5, 5.41) is 3.82. The Bertz CT molecular complexity index is 1260. The van der Waals surface area contributed by atoms with E-state index < -0.39 is 0 Å². The van der Waals surface area contributed by atoms with Crippen molar-refractivity contribution in [3.63, 3.8) is 0 Å². The number of aromatic nitrogens is 5. The Kier molecular flexibility index (Phi) is 5.90. The summed E-state index contributed by atoms with van der Waals surface area (Å²) in [5.41, 5.74) is 3.51. The molecule has 0 aliphatic carbocycles. The molecule has 30 heavy (non-hydrogen) atoms. The highest BCUT2D eigenvalue weighted by Crippen LogP contribution is 2.25. The van der Waals surface area contributed by atoms with Gasteiger partial charge in [0.1, 0.15) is 16.1 Å². The monoisotopic (exact) mass is 458 g/mol. The summed E-state index contributed by atoms with van der Waals surface area (Å²) in [7, 11) is 1.96. The van der Waals surface area contributed by atoms with Crippen LogP contribution in [0.4, 0.5) is 5.69 Å². The molecule has 0 saturated heterocycles. The Morgan fingerprint density at radius 1 is 1.13 bits per heavy atom. The Morgan fingerprint density at radius 2 is 1.97 bits per heavy atom. The third-order valence-corrected chi connectivity index (χ3v) is 5.75. The number of hydrogen-bond donors (Lipinski definition) is 1. The van der Waals surface area contributed by atoms with Crippen LogP contribution >= 0.6 is 35.0 Å². The van der Waals surface area contributed by atoms with Gasteiger partial charge in [0.2, 0.25) is 0 Å². The van der Waals surface area contributed by atoms with Crippen LogP contribution in [0.15, 0.2) is 47.8 Å². The van der Waals surface area contributed by atoms with Crippen LogP contribution in [0.25, 0.3) is 11.0 Å². The van der Waals surface area contributed by atoms with E-state index in [1.807, 2.05) is 42.8 Å². The summed E-state index contributed by atoms with van der Waals surface area (Å²) in [6.45, 7) is 1.93. The molecule has 0 saturated carbocycles. The van der Waals surface area contributed by atoms with Crippen molar-refractivity contribution in [3.8, 4) is 0 Å². The molecule has 3 aromatic heterocycles. The molecule has 0 spiro atoms. The minimum absolute atomic E-state index is 0.0524. The lowest BCUT2D eigenvalue weighted by Crippen LogP contribution is -2.13. The zero-order valence-electron chi connectivity index (χ0n) is 16.1. The van der Waals surface area contributed by atoms with Crippen LogP contribution in [0.1, 0.15) is 21.9 Å². The number of nitrogens with zero attached hydrogens (tertiary/aromatic N) is 5. The first-order valence-corrected chi connectivity index (χ1v) is 10.7. The molecule has 10 heteroatoms. The number of rotatable bonds is 5. The van der Waals surface area contributed by atoms with E-state index in [2.05, 4.69) is 20.3 Å². The van der Waals surface area contributed by atoms with E-state index in [4.69, 9.17) is 28.2 Å². The predicted molar refractivity (Wildman–Crippen MR) is 119 cm³/mol.